The Hall–Kier alpha value is -3.58. The van der Waals surface area contributed by atoms with Gasteiger partial charge in [0, 0.05) is 17.1 Å². The molecule has 35 heavy (non-hydrogen) atoms. The topological polar surface area (TPSA) is 3.24 Å². The Labute approximate surface area is 211 Å². The first kappa shape index (κ1) is 24.5. The van der Waals surface area contributed by atoms with E-state index in [-0.39, 0.29) is 0 Å². The molecular formula is C34H37N. The largest absolute Gasteiger partial charge is 0.311 e. The summed E-state index contributed by atoms with van der Waals surface area (Å²) in [5.74, 6) is 0. The van der Waals surface area contributed by atoms with Crippen molar-refractivity contribution in [3.63, 3.8) is 0 Å². The minimum absolute atomic E-state index is 1.14. The molecular weight excluding hydrogens is 422 g/mol. The smallest absolute Gasteiger partial charge is 0.0462 e. The van der Waals surface area contributed by atoms with E-state index in [9.17, 15) is 0 Å². The van der Waals surface area contributed by atoms with Crippen LogP contribution >= 0.6 is 0 Å². The third-order valence-electron chi connectivity index (χ3n) is 6.45. The molecule has 0 amide bonds. The van der Waals surface area contributed by atoms with Crippen LogP contribution in [0.4, 0.5) is 17.1 Å². The normalized spacial score (nSPS) is 11.1. The second kappa shape index (κ2) is 12.8. The lowest BCUT2D eigenvalue weighted by atomic mass is 10.1. The minimum Gasteiger partial charge on any atom is -0.311 e. The van der Waals surface area contributed by atoms with E-state index in [0.29, 0.717) is 0 Å². The van der Waals surface area contributed by atoms with Crippen molar-refractivity contribution in [2.75, 3.05) is 4.90 Å². The predicted octanol–water partition coefficient (Wildman–Crippen LogP) is 10.0. The number of nitrogens with zero attached hydrogens (tertiary/aromatic N) is 1. The van der Waals surface area contributed by atoms with Gasteiger partial charge in [0.2, 0.25) is 0 Å². The fourth-order valence-corrected chi connectivity index (χ4v) is 4.32. The number of rotatable bonds is 11. The average molecular weight is 460 g/mol. The highest BCUT2D eigenvalue weighted by molar-refractivity contribution is 5.78. The van der Waals surface area contributed by atoms with Crippen LogP contribution in [0.25, 0.3) is 12.2 Å². The standard InChI is InChI=1S/C34H37N/c1-3-5-10-29-16-22-32(23-17-29)35(33-24-18-30(19-25-33)11-6-4-2)34-26-20-31(21-27-34)15-14-28-12-8-7-9-13-28/h7-9,12-27H,3-6,10-11H2,1-2H3. The molecule has 4 aromatic carbocycles. The maximum absolute atomic E-state index is 2.36. The van der Waals surface area contributed by atoms with Crippen molar-refractivity contribution in [2.45, 2.75) is 52.4 Å². The quantitative estimate of drug-likeness (QED) is 0.202. The van der Waals surface area contributed by atoms with Crippen LogP contribution < -0.4 is 4.90 Å². The van der Waals surface area contributed by atoms with Crippen molar-refractivity contribution in [1.29, 1.82) is 0 Å². The number of hydrogen-bond donors (Lipinski definition) is 0. The molecule has 0 unspecified atom stereocenters. The van der Waals surface area contributed by atoms with E-state index in [4.69, 9.17) is 0 Å². The first-order valence-corrected chi connectivity index (χ1v) is 13.1. The summed E-state index contributed by atoms with van der Waals surface area (Å²) >= 11 is 0. The summed E-state index contributed by atoms with van der Waals surface area (Å²) in [4.78, 5) is 2.36. The molecule has 0 N–H and O–H groups in total. The first-order valence-electron chi connectivity index (χ1n) is 13.1. The zero-order chi connectivity index (χ0) is 24.3. The van der Waals surface area contributed by atoms with Crippen LogP contribution in [0.3, 0.4) is 0 Å². The Morgan fingerprint density at radius 3 is 1.31 bits per heavy atom. The van der Waals surface area contributed by atoms with Gasteiger partial charge in [0.15, 0.2) is 0 Å². The first-order chi connectivity index (χ1) is 17.3. The summed E-state index contributed by atoms with van der Waals surface area (Å²) in [5.41, 5.74) is 8.79. The van der Waals surface area contributed by atoms with Gasteiger partial charge in [-0.3, -0.25) is 0 Å². The molecule has 0 fully saturated rings. The monoisotopic (exact) mass is 459 g/mol. The maximum atomic E-state index is 2.36. The van der Waals surface area contributed by atoms with Crippen molar-refractivity contribution < 1.29 is 0 Å². The zero-order valence-electron chi connectivity index (χ0n) is 21.2. The Bertz CT molecular complexity index is 1120. The highest BCUT2D eigenvalue weighted by atomic mass is 15.1. The van der Waals surface area contributed by atoms with Gasteiger partial charge in [-0.1, -0.05) is 106 Å². The third-order valence-corrected chi connectivity index (χ3v) is 6.45. The molecule has 0 aliphatic rings. The lowest BCUT2D eigenvalue weighted by Crippen LogP contribution is -2.10. The molecule has 0 aliphatic heterocycles. The number of anilines is 3. The van der Waals surface area contributed by atoms with Crippen LogP contribution in [-0.4, -0.2) is 0 Å². The molecule has 0 aromatic heterocycles. The molecule has 0 aliphatic carbocycles. The highest BCUT2D eigenvalue weighted by Gasteiger charge is 2.12. The summed E-state index contributed by atoms with van der Waals surface area (Å²) in [6, 6.07) is 37.5. The fraction of sp³-hybridized carbons (Fsp3) is 0.235. The Balaban J connectivity index is 1.61. The number of benzene rings is 4. The molecule has 0 bridgehead atoms. The number of aryl methyl sites for hydroxylation is 2. The molecule has 0 radical (unpaired) electrons. The van der Waals surface area contributed by atoms with Crippen LogP contribution in [0.5, 0.6) is 0 Å². The lowest BCUT2D eigenvalue weighted by Gasteiger charge is -2.26. The summed E-state index contributed by atoms with van der Waals surface area (Å²) < 4.78 is 0. The molecule has 1 nitrogen and oxygen atoms in total. The summed E-state index contributed by atoms with van der Waals surface area (Å²) in [5, 5.41) is 0. The molecule has 0 spiro atoms. The van der Waals surface area contributed by atoms with Crippen LogP contribution in [0.1, 0.15) is 61.8 Å². The SMILES string of the molecule is CCCCc1ccc(N(c2ccc(C=Cc3ccccc3)cc2)c2ccc(CCCC)cc2)cc1. The fourth-order valence-electron chi connectivity index (χ4n) is 4.32. The summed E-state index contributed by atoms with van der Waals surface area (Å²) in [6.45, 7) is 4.50. The highest BCUT2D eigenvalue weighted by Crippen LogP contribution is 2.35. The molecule has 0 saturated carbocycles. The Morgan fingerprint density at radius 1 is 0.486 bits per heavy atom. The molecule has 0 saturated heterocycles. The molecule has 0 atom stereocenters. The van der Waals surface area contributed by atoms with Crippen molar-refractivity contribution in [3.05, 3.63) is 125 Å². The van der Waals surface area contributed by atoms with Gasteiger partial charge in [0.05, 0.1) is 0 Å². The van der Waals surface area contributed by atoms with Gasteiger partial charge in [-0.25, -0.2) is 0 Å². The van der Waals surface area contributed by atoms with Crippen LogP contribution in [0, 0.1) is 0 Å². The minimum atomic E-state index is 1.14. The van der Waals surface area contributed by atoms with Crippen molar-refractivity contribution in [3.8, 4) is 0 Å². The molecule has 178 valence electrons. The van der Waals surface area contributed by atoms with Crippen LogP contribution in [0.2, 0.25) is 0 Å². The van der Waals surface area contributed by atoms with Crippen LogP contribution in [-0.2, 0) is 12.8 Å². The number of unbranched alkanes of at least 4 members (excludes halogenated alkanes) is 2. The predicted molar refractivity (Wildman–Crippen MR) is 154 cm³/mol. The lowest BCUT2D eigenvalue weighted by molar-refractivity contribution is 0.795. The van der Waals surface area contributed by atoms with E-state index < -0.39 is 0 Å². The van der Waals surface area contributed by atoms with Crippen LogP contribution in [0.15, 0.2) is 103 Å². The van der Waals surface area contributed by atoms with E-state index in [1.54, 1.807) is 0 Å². The van der Waals surface area contributed by atoms with Crippen molar-refractivity contribution in [1.82, 2.24) is 0 Å². The van der Waals surface area contributed by atoms with E-state index in [2.05, 4.69) is 128 Å². The Kier molecular flexibility index (Phi) is 8.95. The van der Waals surface area contributed by atoms with E-state index in [1.165, 1.54) is 65.0 Å². The molecule has 1 heteroatoms. The van der Waals surface area contributed by atoms with Crippen molar-refractivity contribution >= 4 is 29.2 Å². The van der Waals surface area contributed by atoms with E-state index >= 15 is 0 Å². The van der Waals surface area contributed by atoms with Crippen molar-refractivity contribution in [2.24, 2.45) is 0 Å². The van der Waals surface area contributed by atoms with E-state index in [1.807, 2.05) is 6.07 Å². The van der Waals surface area contributed by atoms with Gasteiger partial charge in [-0.05, 0) is 84.3 Å². The molecule has 4 aromatic rings. The summed E-state index contributed by atoms with van der Waals surface area (Å²) in [6.07, 6.45) is 11.6. The van der Waals surface area contributed by atoms with E-state index in [0.717, 1.165) is 12.8 Å². The van der Waals surface area contributed by atoms with Gasteiger partial charge in [-0.15, -0.1) is 0 Å². The van der Waals surface area contributed by atoms with Gasteiger partial charge >= 0.3 is 0 Å². The second-order valence-corrected chi connectivity index (χ2v) is 9.21. The van der Waals surface area contributed by atoms with Gasteiger partial charge < -0.3 is 4.90 Å². The second-order valence-electron chi connectivity index (χ2n) is 9.21. The third kappa shape index (κ3) is 6.96. The molecule has 4 rings (SSSR count). The summed E-state index contributed by atoms with van der Waals surface area (Å²) in [7, 11) is 0. The van der Waals surface area contributed by atoms with Gasteiger partial charge in [0.1, 0.15) is 0 Å². The van der Waals surface area contributed by atoms with Gasteiger partial charge in [-0.2, -0.15) is 0 Å². The van der Waals surface area contributed by atoms with Gasteiger partial charge in [0.25, 0.3) is 0 Å². The average Bonchev–Trinajstić information content (AvgIpc) is 2.92. The molecule has 0 heterocycles. The zero-order valence-corrected chi connectivity index (χ0v) is 21.2. The number of hydrogen-bond acceptors (Lipinski definition) is 1. The Morgan fingerprint density at radius 2 is 0.886 bits per heavy atom. The maximum Gasteiger partial charge on any atom is 0.0462 e.